The van der Waals surface area contributed by atoms with Crippen LogP contribution in [0.1, 0.15) is 5.56 Å². The second-order valence-corrected chi connectivity index (χ2v) is 6.99. The van der Waals surface area contributed by atoms with E-state index in [4.69, 9.17) is 28.5 Å². The van der Waals surface area contributed by atoms with E-state index in [1.807, 2.05) is 12.1 Å². The summed E-state index contributed by atoms with van der Waals surface area (Å²) >= 11 is 14.1. The minimum absolute atomic E-state index is 0.381. The van der Waals surface area contributed by atoms with Crippen LogP contribution in [0.2, 0.25) is 10.0 Å². The normalized spacial score (nSPS) is 10.7. The second kappa shape index (κ2) is 6.84. The lowest BCUT2D eigenvalue weighted by Gasteiger charge is -2.04. The van der Waals surface area contributed by atoms with E-state index in [2.05, 4.69) is 25.3 Å². The molecule has 0 aliphatic carbocycles. The maximum Gasteiger partial charge on any atom is 0.151 e. The molecule has 3 heterocycles. The van der Waals surface area contributed by atoms with E-state index < -0.39 is 0 Å². The molecule has 1 N–H and O–H groups in total. The number of hydrogen-bond acceptors (Lipinski definition) is 7. The Hall–Kier alpha value is -2.79. The van der Waals surface area contributed by atoms with Gasteiger partial charge < -0.3 is 5.32 Å². The third-order valence-corrected chi connectivity index (χ3v) is 5.21. The van der Waals surface area contributed by atoms with Gasteiger partial charge in [-0.15, -0.1) is 11.3 Å². The fourth-order valence-corrected chi connectivity index (χ4v) is 4.24. The van der Waals surface area contributed by atoms with Gasteiger partial charge >= 0.3 is 0 Å². The maximum absolute atomic E-state index is 9.03. The molecule has 26 heavy (non-hydrogen) atoms. The topological polar surface area (TPSA) is 87.4 Å². The summed E-state index contributed by atoms with van der Waals surface area (Å²) in [4.78, 5) is 17.0. The molecule has 6 nitrogen and oxygen atoms in total. The van der Waals surface area contributed by atoms with E-state index in [0.29, 0.717) is 37.8 Å². The van der Waals surface area contributed by atoms with Crippen LogP contribution >= 0.6 is 34.5 Å². The third kappa shape index (κ3) is 3.06. The number of rotatable bonds is 3. The molecule has 1 aromatic carbocycles. The lowest BCUT2D eigenvalue weighted by molar-refractivity contribution is 1.16. The van der Waals surface area contributed by atoms with Crippen molar-refractivity contribution in [1.82, 2.24) is 19.9 Å². The van der Waals surface area contributed by atoms with Crippen molar-refractivity contribution in [3.63, 3.8) is 0 Å². The maximum atomic E-state index is 9.03. The molecule has 0 saturated heterocycles. The van der Waals surface area contributed by atoms with Crippen LogP contribution in [0, 0.1) is 11.3 Å². The van der Waals surface area contributed by atoms with Gasteiger partial charge in [-0.3, -0.25) is 0 Å². The highest BCUT2D eigenvalue weighted by Gasteiger charge is 2.17. The average molecular weight is 399 g/mol. The van der Waals surface area contributed by atoms with E-state index in [-0.39, 0.29) is 0 Å². The SMILES string of the molecule is N#Cc1cc(Cl)c(-c2nc3ccnc(Nc4ccncn4)c3s2)c(Cl)c1. The van der Waals surface area contributed by atoms with Gasteiger partial charge in [-0.1, -0.05) is 23.2 Å². The highest BCUT2D eigenvalue weighted by atomic mass is 35.5. The molecule has 126 valence electrons. The number of nitrogens with zero attached hydrogens (tertiary/aromatic N) is 5. The number of nitriles is 1. The van der Waals surface area contributed by atoms with Crippen LogP contribution in [-0.4, -0.2) is 19.9 Å². The fraction of sp³-hybridized carbons (Fsp3) is 0. The molecule has 4 aromatic rings. The van der Waals surface area contributed by atoms with E-state index in [0.717, 1.165) is 10.2 Å². The Morgan fingerprint density at radius 1 is 1.08 bits per heavy atom. The number of halogens is 2. The first-order valence-corrected chi connectivity index (χ1v) is 8.91. The number of nitrogens with one attached hydrogen (secondary N) is 1. The average Bonchev–Trinajstić information content (AvgIpc) is 3.06. The smallest absolute Gasteiger partial charge is 0.151 e. The van der Waals surface area contributed by atoms with Gasteiger partial charge in [0, 0.05) is 18.0 Å². The quantitative estimate of drug-likeness (QED) is 0.518. The number of anilines is 2. The molecule has 0 amide bonds. The molecule has 4 rings (SSSR count). The lowest BCUT2D eigenvalue weighted by Crippen LogP contribution is -1.95. The van der Waals surface area contributed by atoms with E-state index in [1.165, 1.54) is 17.7 Å². The van der Waals surface area contributed by atoms with Crippen LogP contribution in [0.3, 0.4) is 0 Å². The number of hydrogen-bond donors (Lipinski definition) is 1. The minimum Gasteiger partial charge on any atom is -0.324 e. The van der Waals surface area contributed by atoms with Gasteiger partial charge in [0.1, 0.15) is 17.2 Å². The van der Waals surface area contributed by atoms with Gasteiger partial charge in [0.05, 0.1) is 31.9 Å². The van der Waals surface area contributed by atoms with Crippen molar-refractivity contribution in [3.05, 3.63) is 58.6 Å². The van der Waals surface area contributed by atoms with Gasteiger partial charge in [0.15, 0.2) is 5.82 Å². The van der Waals surface area contributed by atoms with Gasteiger partial charge in [-0.2, -0.15) is 5.26 Å². The van der Waals surface area contributed by atoms with Crippen LogP contribution in [-0.2, 0) is 0 Å². The number of fused-ring (bicyclic) bond motifs is 1. The number of aromatic nitrogens is 4. The first-order chi connectivity index (χ1) is 12.7. The summed E-state index contributed by atoms with van der Waals surface area (Å²) < 4.78 is 0.845. The van der Waals surface area contributed by atoms with Crippen LogP contribution in [0.25, 0.3) is 20.8 Å². The molecule has 0 saturated carbocycles. The Kier molecular flexibility index (Phi) is 4.39. The zero-order valence-electron chi connectivity index (χ0n) is 12.9. The summed E-state index contributed by atoms with van der Waals surface area (Å²) in [6.45, 7) is 0. The zero-order valence-corrected chi connectivity index (χ0v) is 15.3. The van der Waals surface area contributed by atoms with Crippen molar-refractivity contribution in [2.45, 2.75) is 0 Å². The molecule has 0 bridgehead atoms. The Bertz CT molecular complexity index is 1130. The van der Waals surface area contributed by atoms with Crippen LogP contribution in [0.4, 0.5) is 11.6 Å². The Labute approximate surface area is 162 Å². The Morgan fingerprint density at radius 2 is 1.88 bits per heavy atom. The molecular weight excluding hydrogens is 391 g/mol. The molecule has 0 spiro atoms. The van der Waals surface area contributed by atoms with Gasteiger partial charge in [0.2, 0.25) is 0 Å². The molecule has 0 aliphatic heterocycles. The first kappa shape index (κ1) is 16.7. The summed E-state index contributed by atoms with van der Waals surface area (Å²) in [6.07, 6.45) is 4.76. The Morgan fingerprint density at radius 3 is 2.58 bits per heavy atom. The van der Waals surface area contributed by atoms with E-state index in [9.17, 15) is 0 Å². The van der Waals surface area contributed by atoms with Crippen LogP contribution in [0.15, 0.2) is 43.0 Å². The lowest BCUT2D eigenvalue weighted by atomic mass is 10.1. The monoisotopic (exact) mass is 398 g/mol. The predicted molar refractivity (Wildman–Crippen MR) is 103 cm³/mol. The van der Waals surface area contributed by atoms with Crippen molar-refractivity contribution in [3.8, 4) is 16.6 Å². The summed E-state index contributed by atoms with van der Waals surface area (Å²) in [7, 11) is 0. The summed E-state index contributed by atoms with van der Waals surface area (Å²) in [5.41, 5.74) is 1.76. The van der Waals surface area contributed by atoms with Crippen molar-refractivity contribution in [2.24, 2.45) is 0 Å². The highest BCUT2D eigenvalue weighted by Crippen LogP contribution is 2.41. The van der Waals surface area contributed by atoms with Gasteiger partial charge in [-0.25, -0.2) is 19.9 Å². The van der Waals surface area contributed by atoms with Gasteiger partial charge in [-0.05, 0) is 24.3 Å². The van der Waals surface area contributed by atoms with Gasteiger partial charge in [0.25, 0.3) is 0 Å². The largest absolute Gasteiger partial charge is 0.324 e. The first-order valence-electron chi connectivity index (χ1n) is 7.34. The van der Waals surface area contributed by atoms with Crippen molar-refractivity contribution in [2.75, 3.05) is 5.32 Å². The molecular formula is C17H8Cl2N6S. The number of pyridine rings is 1. The van der Waals surface area contributed by atoms with E-state index >= 15 is 0 Å². The van der Waals surface area contributed by atoms with Crippen molar-refractivity contribution in [1.29, 1.82) is 5.26 Å². The third-order valence-electron chi connectivity index (χ3n) is 3.52. The molecule has 3 aromatic heterocycles. The molecule has 0 radical (unpaired) electrons. The standard InChI is InChI=1S/C17H8Cl2N6S/c18-10-5-9(7-20)6-11(19)14(10)17-24-12-1-4-22-16(15(12)26-17)25-13-2-3-21-8-23-13/h1-6,8H,(H,21,22,23,25). The number of benzene rings is 1. The molecule has 0 atom stereocenters. The zero-order chi connectivity index (χ0) is 18.1. The number of thiazole rings is 1. The summed E-state index contributed by atoms with van der Waals surface area (Å²) in [5, 5.41) is 13.6. The molecule has 0 unspecified atom stereocenters. The Balaban J connectivity index is 1.82. The fourth-order valence-electron chi connectivity index (χ4n) is 2.38. The second-order valence-electron chi connectivity index (χ2n) is 5.17. The summed E-state index contributed by atoms with van der Waals surface area (Å²) in [6, 6.07) is 8.74. The van der Waals surface area contributed by atoms with Crippen LogP contribution in [0.5, 0.6) is 0 Å². The molecule has 0 aliphatic rings. The van der Waals surface area contributed by atoms with E-state index in [1.54, 1.807) is 30.6 Å². The highest BCUT2D eigenvalue weighted by molar-refractivity contribution is 7.22. The van der Waals surface area contributed by atoms with Crippen molar-refractivity contribution >= 4 is 56.4 Å². The molecule has 0 fully saturated rings. The summed E-state index contributed by atoms with van der Waals surface area (Å²) in [5.74, 6) is 1.26. The van der Waals surface area contributed by atoms with Crippen molar-refractivity contribution < 1.29 is 0 Å². The molecule has 9 heteroatoms. The van der Waals surface area contributed by atoms with Crippen LogP contribution < -0.4 is 5.32 Å². The minimum atomic E-state index is 0.381. The predicted octanol–water partition coefficient (Wildman–Crippen LogP) is 5.07.